The van der Waals surface area contributed by atoms with Crippen molar-refractivity contribution in [3.63, 3.8) is 0 Å². The van der Waals surface area contributed by atoms with Gasteiger partial charge in [-0.05, 0) is 36.2 Å². The molecule has 1 fully saturated rings. The van der Waals surface area contributed by atoms with Crippen LogP contribution in [0.15, 0.2) is 42.5 Å². The molecule has 0 atom stereocenters. The van der Waals surface area contributed by atoms with E-state index in [1.807, 2.05) is 18.7 Å². The Bertz CT molecular complexity index is 1060. The maximum absolute atomic E-state index is 12.8. The molecule has 1 amide bonds. The van der Waals surface area contributed by atoms with Gasteiger partial charge in [-0.15, -0.1) is 0 Å². The molecule has 0 aromatic heterocycles. The number of nitro benzene ring substituents is 1. The summed E-state index contributed by atoms with van der Waals surface area (Å²) in [6.07, 6.45) is 0.390. The largest absolute Gasteiger partial charge is 0.454 e. The maximum atomic E-state index is 12.8. The second-order valence-electron chi connectivity index (χ2n) is 8.28. The first-order chi connectivity index (χ1) is 16.2. The van der Waals surface area contributed by atoms with Crippen LogP contribution < -0.4 is 10.2 Å². The van der Waals surface area contributed by atoms with Gasteiger partial charge in [0, 0.05) is 42.9 Å². The molecule has 2 aromatic carbocycles. The lowest BCUT2D eigenvalue weighted by Crippen LogP contribution is -2.37. The Morgan fingerprint density at radius 3 is 2.41 bits per heavy atom. The van der Waals surface area contributed by atoms with E-state index in [9.17, 15) is 24.5 Å². The number of anilines is 2. The monoisotopic (exact) mass is 469 g/mol. The molecule has 1 aliphatic heterocycles. The molecule has 0 unspecified atom stereocenters. The number of morpholine rings is 1. The second kappa shape index (κ2) is 11.4. The predicted molar refractivity (Wildman–Crippen MR) is 125 cm³/mol. The third-order valence-electron chi connectivity index (χ3n) is 5.18. The van der Waals surface area contributed by atoms with Gasteiger partial charge in [0.05, 0.1) is 29.4 Å². The van der Waals surface area contributed by atoms with Crippen LogP contribution in [-0.4, -0.2) is 55.5 Å². The number of ether oxygens (including phenoxy) is 2. The van der Waals surface area contributed by atoms with Crippen molar-refractivity contribution in [2.24, 2.45) is 5.92 Å². The number of hydrogen-bond donors (Lipinski definition) is 1. The minimum atomic E-state index is -0.823. The highest BCUT2D eigenvalue weighted by atomic mass is 16.6. The number of nitrogens with zero attached hydrogens (tertiary/aromatic N) is 2. The molecule has 2 aromatic rings. The van der Waals surface area contributed by atoms with Crippen molar-refractivity contribution in [3.05, 3.63) is 63.7 Å². The Labute approximate surface area is 197 Å². The summed E-state index contributed by atoms with van der Waals surface area (Å²) in [5.74, 6) is -1.15. The van der Waals surface area contributed by atoms with Gasteiger partial charge in [0.15, 0.2) is 12.4 Å². The Morgan fingerprint density at radius 1 is 1.12 bits per heavy atom. The van der Waals surface area contributed by atoms with E-state index in [-0.39, 0.29) is 23.1 Å². The SMILES string of the molecule is CC(C)CC(=O)Nc1ccc(C(=O)COC(=O)c2cc([N+](=O)[O-])ccc2N2CCOCC2)cc1. The van der Waals surface area contributed by atoms with Crippen LogP contribution in [0, 0.1) is 16.0 Å². The number of hydrogen-bond acceptors (Lipinski definition) is 8. The van der Waals surface area contributed by atoms with Crippen molar-refractivity contribution in [2.75, 3.05) is 43.1 Å². The average Bonchev–Trinajstić information content (AvgIpc) is 2.82. The van der Waals surface area contributed by atoms with E-state index in [1.54, 1.807) is 12.1 Å². The minimum absolute atomic E-state index is 0.0205. The first-order valence-electron chi connectivity index (χ1n) is 11.0. The van der Waals surface area contributed by atoms with Crippen LogP contribution in [0.25, 0.3) is 0 Å². The quantitative estimate of drug-likeness (QED) is 0.256. The number of benzene rings is 2. The van der Waals surface area contributed by atoms with Crippen LogP contribution >= 0.6 is 0 Å². The Kier molecular flexibility index (Phi) is 8.31. The van der Waals surface area contributed by atoms with Crippen LogP contribution in [0.2, 0.25) is 0 Å². The predicted octanol–water partition coefficient (Wildman–Crippen LogP) is 3.46. The fourth-order valence-corrected chi connectivity index (χ4v) is 3.50. The number of rotatable bonds is 9. The van der Waals surface area contributed by atoms with Gasteiger partial charge >= 0.3 is 5.97 Å². The number of carbonyl (C=O) groups is 3. The topological polar surface area (TPSA) is 128 Å². The summed E-state index contributed by atoms with van der Waals surface area (Å²) in [5, 5.41) is 14.0. The molecule has 0 saturated carbocycles. The summed E-state index contributed by atoms with van der Waals surface area (Å²) in [4.78, 5) is 49.7. The maximum Gasteiger partial charge on any atom is 0.340 e. The fourth-order valence-electron chi connectivity index (χ4n) is 3.50. The van der Waals surface area contributed by atoms with Crippen LogP contribution in [0.4, 0.5) is 17.1 Å². The van der Waals surface area contributed by atoms with Crippen molar-refractivity contribution in [2.45, 2.75) is 20.3 Å². The van der Waals surface area contributed by atoms with E-state index in [4.69, 9.17) is 9.47 Å². The smallest absolute Gasteiger partial charge is 0.340 e. The zero-order valence-corrected chi connectivity index (χ0v) is 19.1. The molecule has 1 N–H and O–H groups in total. The summed E-state index contributed by atoms with van der Waals surface area (Å²) >= 11 is 0. The second-order valence-corrected chi connectivity index (χ2v) is 8.28. The van der Waals surface area contributed by atoms with E-state index in [1.165, 1.54) is 24.3 Å². The summed E-state index contributed by atoms with van der Waals surface area (Å²) in [6.45, 7) is 5.35. The number of carbonyl (C=O) groups excluding carboxylic acids is 3. The van der Waals surface area contributed by atoms with Gasteiger partial charge in [0.2, 0.25) is 5.91 Å². The van der Waals surface area contributed by atoms with Crippen molar-refractivity contribution in [1.29, 1.82) is 0 Å². The third kappa shape index (κ3) is 6.61. The molecule has 0 radical (unpaired) electrons. The zero-order valence-electron chi connectivity index (χ0n) is 19.1. The number of Topliss-reactive ketones (excluding diaryl/α,β-unsaturated/α-hetero) is 1. The summed E-state index contributed by atoms with van der Waals surface area (Å²) in [5.41, 5.74) is 1.14. The van der Waals surface area contributed by atoms with E-state index >= 15 is 0 Å². The third-order valence-corrected chi connectivity index (χ3v) is 5.18. The number of amides is 1. The minimum Gasteiger partial charge on any atom is -0.454 e. The van der Waals surface area contributed by atoms with Crippen molar-refractivity contribution in [3.8, 4) is 0 Å². The van der Waals surface area contributed by atoms with Gasteiger partial charge in [-0.25, -0.2) is 4.79 Å². The molecule has 10 heteroatoms. The van der Waals surface area contributed by atoms with Gasteiger partial charge < -0.3 is 19.7 Å². The molecule has 0 bridgehead atoms. The molecule has 34 heavy (non-hydrogen) atoms. The number of non-ortho nitro benzene ring substituents is 1. The number of nitrogens with one attached hydrogen (secondary N) is 1. The molecular weight excluding hydrogens is 442 g/mol. The molecule has 0 spiro atoms. The van der Waals surface area contributed by atoms with Gasteiger partial charge in [-0.1, -0.05) is 13.8 Å². The van der Waals surface area contributed by atoms with Crippen molar-refractivity contribution in [1.82, 2.24) is 0 Å². The highest BCUT2D eigenvalue weighted by Gasteiger charge is 2.23. The van der Waals surface area contributed by atoms with Crippen molar-refractivity contribution >= 4 is 34.7 Å². The van der Waals surface area contributed by atoms with Gasteiger partial charge in [-0.3, -0.25) is 19.7 Å². The Morgan fingerprint density at radius 2 is 1.79 bits per heavy atom. The average molecular weight is 469 g/mol. The van der Waals surface area contributed by atoms with E-state index < -0.39 is 23.3 Å². The normalized spacial score (nSPS) is 13.4. The van der Waals surface area contributed by atoms with Crippen molar-refractivity contribution < 1.29 is 28.8 Å². The van der Waals surface area contributed by atoms with Gasteiger partial charge in [0.1, 0.15) is 0 Å². The molecule has 0 aliphatic carbocycles. The molecule has 1 heterocycles. The van der Waals surface area contributed by atoms with E-state index in [0.29, 0.717) is 49.7 Å². The van der Waals surface area contributed by atoms with E-state index in [0.717, 1.165) is 6.07 Å². The molecule has 10 nitrogen and oxygen atoms in total. The number of nitro groups is 1. The van der Waals surface area contributed by atoms with Gasteiger partial charge in [0.25, 0.3) is 5.69 Å². The highest BCUT2D eigenvalue weighted by Crippen LogP contribution is 2.27. The molecule has 1 aliphatic rings. The highest BCUT2D eigenvalue weighted by molar-refractivity contribution is 6.01. The number of esters is 1. The lowest BCUT2D eigenvalue weighted by Gasteiger charge is -2.30. The standard InChI is InChI=1S/C24H27N3O7/c1-16(2)13-23(29)25-18-5-3-17(4-6-18)22(28)15-34-24(30)20-14-19(27(31)32)7-8-21(20)26-9-11-33-12-10-26/h3-8,14,16H,9-13,15H2,1-2H3,(H,25,29). The first kappa shape index (κ1) is 24.8. The summed E-state index contributed by atoms with van der Waals surface area (Å²) < 4.78 is 10.5. The summed E-state index contributed by atoms with van der Waals surface area (Å²) in [7, 11) is 0. The van der Waals surface area contributed by atoms with Crippen LogP contribution in [0.3, 0.4) is 0 Å². The van der Waals surface area contributed by atoms with Gasteiger partial charge in [-0.2, -0.15) is 0 Å². The molecule has 1 saturated heterocycles. The number of ketones is 1. The molecule has 180 valence electrons. The van der Waals surface area contributed by atoms with Crippen LogP contribution in [-0.2, 0) is 14.3 Å². The molecule has 3 rings (SSSR count). The Balaban J connectivity index is 1.66. The first-order valence-corrected chi connectivity index (χ1v) is 11.0. The lowest BCUT2D eigenvalue weighted by molar-refractivity contribution is -0.384. The zero-order chi connectivity index (χ0) is 24.7. The summed E-state index contributed by atoms with van der Waals surface area (Å²) in [6, 6.07) is 10.3. The van der Waals surface area contributed by atoms with Crippen LogP contribution in [0.5, 0.6) is 0 Å². The fraction of sp³-hybridized carbons (Fsp3) is 0.375. The molecular formula is C24H27N3O7. The van der Waals surface area contributed by atoms with Crippen LogP contribution in [0.1, 0.15) is 41.0 Å². The Hall–Kier alpha value is -3.79. The lowest BCUT2D eigenvalue weighted by atomic mass is 10.1. The van der Waals surface area contributed by atoms with E-state index in [2.05, 4.69) is 5.32 Å².